The summed E-state index contributed by atoms with van der Waals surface area (Å²) in [6.45, 7) is 13.0. The fourth-order valence-electron chi connectivity index (χ4n) is 2.39. The zero-order valence-corrected chi connectivity index (χ0v) is 11.1. The van der Waals surface area contributed by atoms with Gasteiger partial charge in [-0.15, -0.1) is 0 Å². The van der Waals surface area contributed by atoms with Gasteiger partial charge in [-0.25, -0.2) is 0 Å². The first-order valence-electron chi connectivity index (χ1n) is 6.13. The molecule has 0 spiro atoms. The van der Waals surface area contributed by atoms with Gasteiger partial charge in [-0.1, -0.05) is 6.58 Å². The number of hydrogen-bond donors (Lipinski definition) is 1. The minimum Gasteiger partial charge on any atom is -0.395 e. The molecule has 1 saturated heterocycles. The van der Waals surface area contributed by atoms with Crippen molar-refractivity contribution in [3.8, 4) is 0 Å². The Morgan fingerprint density at radius 1 is 1.47 bits per heavy atom. The van der Waals surface area contributed by atoms with Crippen molar-refractivity contribution in [2.75, 3.05) is 32.8 Å². The molecule has 1 aliphatic rings. The summed E-state index contributed by atoms with van der Waals surface area (Å²) in [6.07, 6.45) is 1.37. The maximum absolute atomic E-state index is 11.3. The second kappa shape index (κ2) is 5.76. The van der Waals surface area contributed by atoms with Gasteiger partial charge in [-0.2, -0.15) is 0 Å². The lowest BCUT2D eigenvalue weighted by Gasteiger charge is -2.47. The molecule has 0 aromatic carbocycles. The zero-order valence-electron chi connectivity index (χ0n) is 11.1. The number of nitrogens with zero attached hydrogens (tertiary/aromatic N) is 2. The highest BCUT2D eigenvalue weighted by atomic mass is 16.3. The first kappa shape index (κ1) is 14.4. The van der Waals surface area contributed by atoms with E-state index in [0.29, 0.717) is 6.54 Å². The fraction of sp³-hybridized carbons (Fsp3) is 0.769. The Balaban J connectivity index is 2.60. The molecule has 1 atom stereocenters. The largest absolute Gasteiger partial charge is 0.395 e. The zero-order chi connectivity index (χ0) is 13.1. The average molecular weight is 240 g/mol. The highest BCUT2D eigenvalue weighted by Gasteiger charge is 2.33. The SMILES string of the molecule is C=CC(=O)CN1CCN(C(C)(C)C)[C@@H](CO)C1. The molecule has 0 amide bonds. The van der Waals surface area contributed by atoms with E-state index in [-0.39, 0.29) is 24.0 Å². The van der Waals surface area contributed by atoms with Crippen LogP contribution in [0, 0.1) is 0 Å². The van der Waals surface area contributed by atoms with Gasteiger partial charge in [0, 0.05) is 31.2 Å². The molecule has 98 valence electrons. The molecular weight excluding hydrogens is 216 g/mol. The highest BCUT2D eigenvalue weighted by Crippen LogP contribution is 2.20. The number of carbonyl (C=O) groups excluding carboxylic acids is 1. The van der Waals surface area contributed by atoms with E-state index < -0.39 is 0 Å². The fourth-order valence-corrected chi connectivity index (χ4v) is 2.39. The summed E-state index contributed by atoms with van der Waals surface area (Å²) in [7, 11) is 0. The molecule has 0 radical (unpaired) electrons. The first-order chi connectivity index (χ1) is 7.88. The Morgan fingerprint density at radius 2 is 2.12 bits per heavy atom. The van der Waals surface area contributed by atoms with Crippen molar-refractivity contribution < 1.29 is 9.90 Å². The summed E-state index contributed by atoms with van der Waals surface area (Å²) in [6, 6.07) is 0.112. The molecule has 1 aliphatic heterocycles. The molecule has 1 heterocycles. The number of piperazine rings is 1. The molecule has 1 rings (SSSR count). The van der Waals surface area contributed by atoms with Gasteiger partial charge < -0.3 is 5.11 Å². The van der Waals surface area contributed by atoms with Crippen molar-refractivity contribution in [2.45, 2.75) is 32.4 Å². The minimum atomic E-state index is 0.0471. The Morgan fingerprint density at radius 3 is 2.59 bits per heavy atom. The number of rotatable bonds is 4. The predicted molar refractivity (Wildman–Crippen MR) is 69.0 cm³/mol. The van der Waals surface area contributed by atoms with Gasteiger partial charge in [0.25, 0.3) is 0 Å². The van der Waals surface area contributed by atoms with Gasteiger partial charge in [0.1, 0.15) is 0 Å². The first-order valence-corrected chi connectivity index (χ1v) is 6.13. The summed E-state index contributed by atoms with van der Waals surface area (Å²) in [4.78, 5) is 15.7. The molecule has 0 unspecified atom stereocenters. The molecule has 0 aliphatic carbocycles. The van der Waals surface area contributed by atoms with Crippen molar-refractivity contribution in [2.24, 2.45) is 0 Å². The van der Waals surface area contributed by atoms with Crippen LogP contribution in [-0.4, -0.2) is 65.1 Å². The Kier molecular flexibility index (Phi) is 4.86. The molecule has 1 fully saturated rings. The van der Waals surface area contributed by atoms with E-state index in [0.717, 1.165) is 19.6 Å². The number of ketones is 1. The number of aliphatic hydroxyl groups excluding tert-OH is 1. The van der Waals surface area contributed by atoms with E-state index in [1.165, 1.54) is 6.08 Å². The highest BCUT2D eigenvalue weighted by molar-refractivity contribution is 5.90. The minimum absolute atomic E-state index is 0.0471. The monoisotopic (exact) mass is 240 g/mol. The average Bonchev–Trinajstić information content (AvgIpc) is 2.27. The molecule has 0 saturated carbocycles. The number of aliphatic hydroxyl groups is 1. The van der Waals surface area contributed by atoms with E-state index in [1.54, 1.807) is 0 Å². The maximum atomic E-state index is 11.3. The van der Waals surface area contributed by atoms with E-state index in [2.05, 4.69) is 37.1 Å². The van der Waals surface area contributed by atoms with Crippen molar-refractivity contribution >= 4 is 5.78 Å². The summed E-state index contributed by atoms with van der Waals surface area (Å²) in [5.74, 6) is 0.0471. The van der Waals surface area contributed by atoms with Crippen LogP contribution in [0.2, 0.25) is 0 Å². The third-order valence-electron chi connectivity index (χ3n) is 3.25. The summed E-state index contributed by atoms with van der Waals surface area (Å²) >= 11 is 0. The van der Waals surface area contributed by atoms with Crippen LogP contribution in [0.25, 0.3) is 0 Å². The second-order valence-electron chi connectivity index (χ2n) is 5.61. The molecule has 1 N–H and O–H groups in total. The quantitative estimate of drug-likeness (QED) is 0.728. The van der Waals surface area contributed by atoms with Gasteiger partial charge in [0.15, 0.2) is 5.78 Å². The van der Waals surface area contributed by atoms with Crippen LogP contribution in [0.15, 0.2) is 12.7 Å². The van der Waals surface area contributed by atoms with E-state index in [4.69, 9.17) is 0 Å². The second-order valence-corrected chi connectivity index (χ2v) is 5.61. The van der Waals surface area contributed by atoms with Gasteiger partial charge in [-0.3, -0.25) is 14.6 Å². The van der Waals surface area contributed by atoms with E-state index in [9.17, 15) is 9.90 Å². The van der Waals surface area contributed by atoms with Crippen LogP contribution >= 0.6 is 0 Å². The van der Waals surface area contributed by atoms with Crippen LogP contribution in [-0.2, 0) is 4.79 Å². The summed E-state index contributed by atoms with van der Waals surface area (Å²) < 4.78 is 0. The van der Waals surface area contributed by atoms with Crippen LogP contribution in [0.1, 0.15) is 20.8 Å². The molecule has 4 heteroatoms. The summed E-state index contributed by atoms with van der Waals surface area (Å²) in [5, 5.41) is 9.46. The van der Waals surface area contributed by atoms with Crippen molar-refractivity contribution in [1.29, 1.82) is 0 Å². The number of hydrogen-bond acceptors (Lipinski definition) is 4. The number of carbonyl (C=O) groups is 1. The van der Waals surface area contributed by atoms with Crippen LogP contribution < -0.4 is 0 Å². The van der Waals surface area contributed by atoms with Crippen LogP contribution in [0.5, 0.6) is 0 Å². The molecular formula is C13H24N2O2. The molecule has 0 bridgehead atoms. The normalized spacial score (nSPS) is 23.6. The van der Waals surface area contributed by atoms with Crippen molar-refractivity contribution in [1.82, 2.24) is 9.80 Å². The molecule has 4 nitrogen and oxygen atoms in total. The van der Waals surface area contributed by atoms with Crippen molar-refractivity contribution in [3.05, 3.63) is 12.7 Å². The third kappa shape index (κ3) is 3.91. The maximum Gasteiger partial charge on any atom is 0.169 e. The molecule has 0 aromatic heterocycles. The Labute approximate surface area is 104 Å². The van der Waals surface area contributed by atoms with Gasteiger partial charge in [0.2, 0.25) is 0 Å². The summed E-state index contributed by atoms with van der Waals surface area (Å²) in [5.41, 5.74) is 0.0575. The van der Waals surface area contributed by atoms with Gasteiger partial charge in [-0.05, 0) is 26.8 Å². The standard InChI is InChI=1S/C13H24N2O2/c1-5-12(17)9-14-6-7-15(13(2,3)4)11(8-14)10-16/h5,11,16H,1,6-10H2,2-4H3/t11-/m1/s1. The lowest BCUT2D eigenvalue weighted by molar-refractivity contribution is -0.117. The smallest absolute Gasteiger partial charge is 0.169 e. The lowest BCUT2D eigenvalue weighted by atomic mass is 10.0. The molecule has 17 heavy (non-hydrogen) atoms. The predicted octanol–water partition coefficient (Wildman–Crippen LogP) is 0.518. The lowest BCUT2D eigenvalue weighted by Crippen LogP contribution is -2.60. The van der Waals surface area contributed by atoms with Crippen molar-refractivity contribution in [3.63, 3.8) is 0 Å². The molecule has 0 aromatic rings. The van der Waals surface area contributed by atoms with Gasteiger partial charge >= 0.3 is 0 Å². The van der Waals surface area contributed by atoms with Crippen LogP contribution in [0.3, 0.4) is 0 Å². The Bertz CT molecular complexity index is 284. The Hall–Kier alpha value is -0.710. The topological polar surface area (TPSA) is 43.8 Å². The van der Waals surface area contributed by atoms with E-state index in [1.807, 2.05) is 0 Å². The third-order valence-corrected chi connectivity index (χ3v) is 3.25. The van der Waals surface area contributed by atoms with E-state index >= 15 is 0 Å². The van der Waals surface area contributed by atoms with Crippen LogP contribution in [0.4, 0.5) is 0 Å². The van der Waals surface area contributed by atoms with Gasteiger partial charge in [0.05, 0.1) is 13.2 Å².